The molecule has 1 fully saturated rings. The summed E-state index contributed by atoms with van der Waals surface area (Å²) in [6.45, 7) is 2.40. The Bertz CT molecular complexity index is 676. The first-order valence-electron chi connectivity index (χ1n) is 7.28. The summed E-state index contributed by atoms with van der Waals surface area (Å²) < 4.78 is 0. The van der Waals surface area contributed by atoms with E-state index in [1.807, 2.05) is 12.3 Å². The van der Waals surface area contributed by atoms with Gasteiger partial charge in [0.05, 0.1) is 5.56 Å². The Kier molecular flexibility index (Phi) is 4.41. The molecule has 0 saturated carbocycles. The molecule has 1 atom stereocenters. The molecule has 4 nitrogen and oxygen atoms in total. The summed E-state index contributed by atoms with van der Waals surface area (Å²) in [7, 11) is 0. The first-order chi connectivity index (χ1) is 10.6. The van der Waals surface area contributed by atoms with Crippen molar-refractivity contribution in [3.05, 3.63) is 64.4 Å². The number of aromatic carboxylic acids is 1. The van der Waals surface area contributed by atoms with Crippen molar-refractivity contribution >= 4 is 17.6 Å². The highest BCUT2D eigenvalue weighted by Crippen LogP contribution is 2.30. The standard InChI is InChI=1S/C17H17ClN2O2/c18-16-5-1-4-14(17(21)22)15(16)11-20-8-6-13(10-20)12-3-2-7-19-9-12/h1-5,7,9,13H,6,8,10-11H2,(H,21,22). The van der Waals surface area contributed by atoms with Gasteiger partial charge in [-0.15, -0.1) is 0 Å². The lowest BCUT2D eigenvalue weighted by molar-refractivity contribution is 0.0694. The van der Waals surface area contributed by atoms with Crippen molar-refractivity contribution in [2.45, 2.75) is 18.9 Å². The minimum atomic E-state index is -0.930. The lowest BCUT2D eigenvalue weighted by atomic mass is 10.0. The van der Waals surface area contributed by atoms with Crippen LogP contribution in [0.4, 0.5) is 0 Å². The first kappa shape index (κ1) is 15.0. The van der Waals surface area contributed by atoms with Crippen LogP contribution in [-0.4, -0.2) is 34.0 Å². The lowest BCUT2D eigenvalue weighted by Crippen LogP contribution is -2.21. The number of halogens is 1. The summed E-state index contributed by atoms with van der Waals surface area (Å²) in [4.78, 5) is 17.8. The molecule has 114 valence electrons. The van der Waals surface area contributed by atoms with Crippen LogP contribution < -0.4 is 0 Å². The molecule has 5 heteroatoms. The third-order valence-electron chi connectivity index (χ3n) is 4.16. The normalized spacial score (nSPS) is 18.5. The third-order valence-corrected chi connectivity index (χ3v) is 4.51. The van der Waals surface area contributed by atoms with Crippen LogP contribution in [0.5, 0.6) is 0 Å². The SMILES string of the molecule is O=C(O)c1cccc(Cl)c1CN1CCC(c2cccnc2)C1. The van der Waals surface area contributed by atoms with Gasteiger partial charge in [-0.3, -0.25) is 9.88 Å². The molecular formula is C17H17ClN2O2. The van der Waals surface area contributed by atoms with E-state index in [4.69, 9.17) is 11.6 Å². The maximum absolute atomic E-state index is 11.3. The molecule has 0 aliphatic carbocycles. The van der Waals surface area contributed by atoms with Crippen LogP contribution in [-0.2, 0) is 6.54 Å². The number of hydrogen-bond donors (Lipinski definition) is 1. The van der Waals surface area contributed by atoms with Crippen LogP contribution in [0.15, 0.2) is 42.7 Å². The van der Waals surface area contributed by atoms with Gasteiger partial charge in [-0.25, -0.2) is 4.79 Å². The number of nitrogens with zero attached hydrogens (tertiary/aromatic N) is 2. The van der Waals surface area contributed by atoms with Gasteiger partial charge in [0.2, 0.25) is 0 Å². The van der Waals surface area contributed by atoms with E-state index < -0.39 is 5.97 Å². The van der Waals surface area contributed by atoms with E-state index in [1.165, 1.54) is 5.56 Å². The Morgan fingerprint density at radius 1 is 1.36 bits per heavy atom. The van der Waals surface area contributed by atoms with E-state index in [0.717, 1.165) is 19.5 Å². The average Bonchev–Trinajstić information content (AvgIpc) is 2.98. The molecule has 1 saturated heterocycles. The monoisotopic (exact) mass is 316 g/mol. The Hall–Kier alpha value is -1.91. The highest BCUT2D eigenvalue weighted by atomic mass is 35.5. The van der Waals surface area contributed by atoms with E-state index in [1.54, 1.807) is 24.4 Å². The van der Waals surface area contributed by atoms with Crippen molar-refractivity contribution in [2.24, 2.45) is 0 Å². The van der Waals surface area contributed by atoms with E-state index in [9.17, 15) is 9.90 Å². The van der Waals surface area contributed by atoms with E-state index >= 15 is 0 Å². The van der Waals surface area contributed by atoms with E-state index in [2.05, 4.69) is 16.0 Å². The number of hydrogen-bond acceptors (Lipinski definition) is 3. The van der Waals surface area contributed by atoms with Crippen molar-refractivity contribution in [3.8, 4) is 0 Å². The number of pyridine rings is 1. The topological polar surface area (TPSA) is 53.4 Å². The predicted molar refractivity (Wildman–Crippen MR) is 85.3 cm³/mol. The molecular weight excluding hydrogens is 300 g/mol. The van der Waals surface area contributed by atoms with Gasteiger partial charge < -0.3 is 5.11 Å². The van der Waals surface area contributed by atoms with Gasteiger partial charge in [-0.2, -0.15) is 0 Å². The number of carboxylic acids is 1. The van der Waals surface area contributed by atoms with Gasteiger partial charge in [0.15, 0.2) is 0 Å². The van der Waals surface area contributed by atoms with Crippen LogP contribution in [0.3, 0.4) is 0 Å². The fourth-order valence-electron chi connectivity index (χ4n) is 3.01. The number of carbonyl (C=O) groups is 1. The summed E-state index contributed by atoms with van der Waals surface area (Å²) in [6, 6.07) is 9.09. The van der Waals surface area contributed by atoms with Gasteiger partial charge >= 0.3 is 5.97 Å². The van der Waals surface area contributed by atoms with Crippen LogP contribution >= 0.6 is 11.6 Å². The molecule has 1 aliphatic rings. The molecule has 1 aromatic heterocycles. The average molecular weight is 317 g/mol. The molecule has 2 heterocycles. The highest BCUT2D eigenvalue weighted by molar-refractivity contribution is 6.31. The Labute approximate surface area is 134 Å². The van der Waals surface area contributed by atoms with Crippen molar-refractivity contribution < 1.29 is 9.90 Å². The third kappa shape index (κ3) is 3.13. The van der Waals surface area contributed by atoms with Crippen molar-refractivity contribution in [3.63, 3.8) is 0 Å². The van der Waals surface area contributed by atoms with Gasteiger partial charge in [-0.05, 0) is 48.2 Å². The number of likely N-dealkylation sites (tertiary alicyclic amines) is 1. The summed E-state index contributed by atoms with van der Waals surface area (Å²) in [5.74, 6) is -0.482. The largest absolute Gasteiger partial charge is 0.478 e. The molecule has 1 N–H and O–H groups in total. The molecule has 2 aromatic rings. The van der Waals surface area contributed by atoms with Gasteiger partial charge in [0.1, 0.15) is 0 Å². The fraction of sp³-hybridized carbons (Fsp3) is 0.294. The second-order valence-electron chi connectivity index (χ2n) is 5.58. The Balaban J connectivity index is 1.75. The van der Waals surface area contributed by atoms with E-state index in [-0.39, 0.29) is 5.56 Å². The van der Waals surface area contributed by atoms with Crippen LogP contribution in [0, 0.1) is 0 Å². The first-order valence-corrected chi connectivity index (χ1v) is 7.66. The summed E-state index contributed by atoms with van der Waals surface area (Å²) in [6.07, 6.45) is 4.74. The quantitative estimate of drug-likeness (QED) is 0.939. The molecule has 22 heavy (non-hydrogen) atoms. The number of aromatic nitrogens is 1. The highest BCUT2D eigenvalue weighted by Gasteiger charge is 2.25. The van der Waals surface area contributed by atoms with Crippen molar-refractivity contribution in [2.75, 3.05) is 13.1 Å². The molecule has 0 bridgehead atoms. The summed E-state index contributed by atoms with van der Waals surface area (Å²) >= 11 is 6.21. The van der Waals surface area contributed by atoms with Gasteiger partial charge in [0, 0.05) is 30.5 Å². The molecule has 0 spiro atoms. The molecule has 1 aromatic carbocycles. The maximum atomic E-state index is 11.3. The zero-order valence-corrected chi connectivity index (χ0v) is 12.8. The van der Waals surface area contributed by atoms with E-state index in [0.29, 0.717) is 23.0 Å². The van der Waals surface area contributed by atoms with Crippen LogP contribution in [0.2, 0.25) is 5.02 Å². The predicted octanol–water partition coefficient (Wildman–Crippen LogP) is 3.42. The summed E-state index contributed by atoms with van der Waals surface area (Å²) in [5, 5.41) is 9.83. The number of rotatable bonds is 4. The minimum absolute atomic E-state index is 0.289. The zero-order valence-electron chi connectivity index (χ0n) is 12.1. The van der Waals surface area contributed by atoms with Crippen LogP contribution in [0.25, 0.3) is 0 Å². The van der Waals surface area contributed by atoms with Crippen LogP contribution in [0.1, 0.15) is 33.8 Å². The number of benzene rings is 1. The Morgan fingerprint density at radius 2 is 2.23 bits per heavy atom. The lowest BCUT2D eigenvalue weighted by Gasteiger charge is -2.18. The van der Waals surface area contributed by atoms with Crippen molar-refractivity contribution in [1.29, 1.82) is 0 Å². The second kappa shape index (κ2) is 6.46. The smallest absolute Gasteiger partial charge is 0.336 e. The molecule has 0 amide bonds. The number of carboxylic acid groups (broad SMARTS) is 1. The molecule has 3 rings (SSSR count). The fourth-order valence-corrected chi connectivity index (χ4v) is 3.24. The van der Waals surface area contributed by atoms with Gasteiger partial charge in [-0.1, -0.05) is 23.7 Å². The second-order valence-corrected chi connectivity index (χ2v) is 5.99. The molecule has 1 aliphatic heterocycles. The molecule has 0 radical (unpaired) electrons. The van der Waals surface area contributed by atoms with Gasteiger partial charge in [0.25, 0.3) is 0 Å². The maximum Gasteiger partial charge on any atom is 0.336 e. The Morgan fingerprint density at radius 3 is 2.95 bits per heavy atom. The zero-order chi connectivity index (χ0) is 15.5. The van der Waals surface area contributed by atoms with Crippen molar-refractivity contribution in [1.82, 2.24) is 9.88 Å². The minimum Gasteiger partial charge on any atom is -0.478 e. The molecule has 1 unspecified atom stereocenters. The summed E-state index contributed by atoms with van der Waals surface area (Å²) in [5.41, 5.74) is 2.23.